The van der Waals surface area contributed by atoms with E-state index in [4.69, 9.17) is 0 Å². The fraction of sp³-hybridized carbons (Fsp3) is 0.360. The number of amides is 1. The maximum Gasteiger partial charge on any atom is 0.234 e. The first-order valence-electron chi connectivity index (χ1n) is 10.8. The fourth-order valence-corrected chi connectivity index (χ4v) is 4.31. The maximum absolute atomic E-state index is 12.4. The molecule has 1 atom stereocenters. The molecule has 2 aromatic carbocycles. The van der Waals surface area contributed by atoms with Crippen molar-refractivity contribution in [3.05, 3.63) is 78.0 Å². The van der Waals surface area contributed by atoms with Gasteiger partial charge in [0.05, 0.1) is 18.2 Å². The summed E-state index contributed by atoms with van der Waals surface area (Å²) in [5.41, 5.74) is 3.15. The Hall–Kier alpha value is -2.76. The quantitative estimate of drug-likeness (QED) is 0.635. The number of carbonyl (C=O) groups is 1. The number of hydrogen-bond acceptors (Lipinski definition) is 4. The van der Waals surface area contributed by atoms with E-state index in [1.807, 2.05) is 48.7 Å². The summed E-state index contributed by atoms with van der Waals surface area (Å²) in [6.07, 6.45) is 3.97. The number of hydrogen-bond donors (Lipinski definition) is 2. The minimum Gasteiger partial charge on any atom is -0.388 e. The summed E-state index contributed by atoms with van der Waals surface area (Å²) in [6.45, 7) is 2.71. The molecular formula is C25H29N3O2. The van der Waals surface area contributed by atoms with Crippen LogP contribution in [-0.2, 0) is 11.2 Å². The molecule has 4 rings (SSSR count). The van der Waals surface area contributed by atoms with E-state index >= 15 is 0 Å². The molecule has 0 saturated carbocycles. The first-order valence-corrected chi connectivity index (χ1v) is 10.8. The van der Waals surface area contributed by atoms with E-state index in [9.17, 15) is 9.90 Å². The second-order valence-electron chi connectivity index (χ2n) is 8.06. The zero-order chi connectivity index (χ0) is 20.8. The van der Waals surface area contributed by atoms with Crippen molar-refractivity contribution in [2.24, 2.45) is 5.92 Å². The third-order valence-corrected chi connectivity index (χ3v) is 6.02. The number of carbonyl (C=O) groups excluding carboxylic acids is 1. The van der Waals surface area contributed by atoms with Crippen LogP contribution in [0.3, 0.4) is 0 Å². The van der Waals surface area contributed by atoms with Crippen molar-refractivity contribution in [2.45, 2.75) is 25.4 Å². The molecule has 1 aromatic heterocycles. The molecule has 0 spiro atoms. The van der Waals surface area contributed by atoms with Crippen LogP contribution in [0.1, 0.15) is 30.1 Å². The van der Waals surface area contributed by atoms with Gasteiger partial charge in [-0.25, -0.2) is 0 Å². The molecule has 3 aromatic rings. The van der Waals surface area contributed by atoms with Crippen LogP contribution in [-0.4, -0.2) is 47.1 Å². The first-order chi connectivity index (χ1) is 14.7. The van der Waals surface area contributed by atoms with Crippen molar-refractivity contribution in [2.75, 3.05) is 26.2 Å². The SMILES string of the molecule is O=C(CN1CCC(C(O)c2ccccc2)CC1)NCCc1cccc2cccnc12. The molecule has 5 nitrogen and oxygen atoms in total. The molecule has 156 valence electrons. The van der Waals surface area contributed by atoms with Crippen LogP contribution in [0.2, 0.25) is 0 Å². The van der Waals surface area contributed by atoms with Crippen molar-refractivity contribution < 1.29 is 9.90 Å². The highest BCUT2D eigenvalue weighted by Crippen LogP contribution is 2.30. The largest absolute Gasteiger partial charge is 0.388 e. The van der Waals surface area contributed by atoms with E-state index in [-0.39, 0.29) is 11.8 Å². The summed E-state index contributed by atoms with van der Waals surface area (Å²) in [4.78, 5) is 19.0. The zero-order valence-electron chi connectivity index (χ0n) is 17.2. The van der Waals surface area contributed by atoms with Crippen LogP contribution >= 0.6 is 0 Å². The van der Waals surface area contributed by atoms with Crippen LogP contribution in [0.5, 0.6) is 0 Å². The third-order valence-electron chi connectivity index (χ3n) is 6.02. The van der Waals surface area contributed by atoms with E-state index in [1.165, 1.54) is 0 Å². The van der Waals surface area contributed by atoms with Gasteiger partial charge in [-0.1, -0.05) is 54.6 Å². The van der Waals surface area contributed by atoms with Gasteiger partial charge in [0.2, 0.25) is 5.91 Å². The molecule has 5 heteroatoms. The number of likely N-dealkylation sites (tertiary alicyclic amines) is 1. The Morgan fingerprint density at radius 1 is 1.07 bits per heavy atom. The summed E-state index contributed by atoms with van der Waals surface area (Å²) in [7, 11) is 0. The molecule has 2 heterocycles. The van der Waals surface area contributed by atoms with E-state index in [0.717, 1.165) is 54.4 Å². The smallest absolute Gasteiger partial charge is 0.234 e. The number of rotatable bonds is 7. The molecule has 1 aliphatic heterocycles. The van der Waals surface area contributed by atoms with Gasteiger partial charge in [-0.2, -0.15) is 0 Å². The first kappa shape index (κ1) is 20.5. The van der Waals surface area contributed by atoms with Crippen LogP contribution in [0.25, 0.3) is 10.9 Å². The lowest BCUT2D eigenvalue weighted by Gasteiger charge is -2.34. The van der Waals surface area contributed by atoms with Gasteiger partial charge in [0.15, 0.2) is 0 Å². The summed E-state index contributed by atoms with van der Waals surface area (Å²) >= 11 is 0. The Morgan fingerprint density at radius 3 is 2.63 bits per heavy atom. The van der Waals surface area contributed by atoms with Gasteiger partial charge in [-0.05, 0) is 55.5 Å². The highest BCUT2D eigenvalue weighted by molar-refractivity contribution is 5.81. The molecule has 1 saturated heterocycles. The number of nitrogens with zero attached hydrogens (tertiary/aromatic N) is 2. The Balaban J connectivity index is 1.21. The number of aliphatic hydroxyl groups excluding tert-OH is 1. The predicted octanol–water partition coefficient (Wildman–Crippen LogP) is 3.34. The van der Waals surface area contributed by atoms with Gasteiger partial charge in [-0.3, -0.25) is 14.7 Å². The second kappa shape index (κ2) is 9.83. The molecule has 2 N–H and O–H groups in total. The standard InChI is InChI=1S/C25H29N3O2/c29-23(26-15-11-20-9-4-8-19-10-5-14-27-24(19)20)18-28-16-12-22(13-17-28)25(30)21-6-2-1-3-7-21/h1-10,14,22,25,30H,11-13,15-18H2,(H,26,29). The molecule has 0 bridgehead atoms. The molecule has 1 fully saturated rings. The summed E-state index contributed by atoms with van der Waals surface area (Å²) in [6, 6.07) is 20.0. The van der Waals surface area contributed by atoms with E-state index in [2.05, 4.69) is 33.4 Å². The van der Waals surface area contributed by atoms with Gasteiger partial charge in [0.1, 0.15) is 0 Å². The Labute approximate surface area is 177 Å². The number of nitrogens with one attached hydrogen (secondary N) is 1. The van der Waals surface area contributed by atoms with Gasteiger partial charge in [0.25, 0.3) is 0 Å². The monoisotopic (exact) mass is 403 g/mol. The second-order valence-corrected chi connectivity index (χ2v) is 8.06. The number of aromatic nitrogens is 1. The maximum atomic E-state index is 12.4. The van der Waals surface area contributed by atoms with Crippen LogP contribution in [0.4, 0.5) is 0 Å². The van der Waals surface area contributed by atoms with Gasteiger partial charge >= 0.3 is 0 Å². The van der Waals surface area contributed by atoms with Crippen molar-refractivity contribution in [1.82, 2.24) is 15.2 Å². The van der Waals surface area contributed by atoms with Crippen molar-refractivity contribution in [3.8, 4) is 0 Å². The number of aliphatic hydroxyl groups is 1. The van der Waals surface area contributed by atoms with Gasteiger partial charge in [0, 0.05) is 18.1 Å². The number of benzene rings is 2. The summed E-state index contributed by atoms with van der Waals surface area (Å²) in [5.74, 6) is 0.316. The topological polar surface area (TPSA) is 65.5 Å². The molecular weight excluding hydrogens is 374 g/mol. The molecule has 1 aliphatic rings. The molecule has 0 radical (unpaired) electrons. The average molecular weight is 404 g/mol. The number of fused-ring (bicyclic) bond motifs is 1. The third kappa shape index (κ3) is 5.04. The van der Waals surface area contributed by atoms with Crippen LogP contribution in [0.15, 0.2) is 66.9 Å². The molecule has 0 aliphatic carbocycles. The number of para-hydroxylation sites is 1. The van der Waals surface area contributed by atoms with E-state index in [0.29, 0.717) is 13.1 Å². The van der Waals surface area contributed by atoms with Crippen molar-refractivity contribution >= 4 is 16.8 Å². The minimum atomic E-state index is -0.420. The molecule has 30 heavy (non-hydrogen) atoms. The van der Waals surface area contributed by atoms with Gasteiger partial charge < -0.3 is 10.4 Å². The number of piperidine rings is 1. The van der Waals surface area contributed by atoms with Crippen molar-refractivity contribution in [3.63, 3.8) is 0 Å². The van der Waals surface area contributed by atoms with Crippen LogP contribution in [0, 0.1) is 5.92 Å². The number of pyridine rings is 1. The lowest BCUT2D eigenvalue weighted by atomic mass is 9.87. The Bertz CT molecular complexity index is 963. The van der Waals surface area contributed by atoms with Crippen LogP contribution < -0.4 is 5.32 Å². The lowest BCUT2D eigenvalue weighted by molar-refractivity contribution is -0.122. The average Bonchev–Trinajstić information content (AvgIpc) is 2.80. The highest BCUT2D eigenvalue weighted by Gasteiger charge is 2.26. The summed E-state index contributed by atoms with van der Waals surface area (Å²) < 4.78 is 0. The summed E-state index contributed by atoms with van der Waals surface area (Å²) in [5, 5.41) is 14.8. The minimum absolute atomic E-state index is 0.0604. The Kier molecular flexibility index (Phi) is 6.72. The van der Waals surface area contributed by atoms with E-state index < -0.39 is 6.10 Å². The molecule has 1 unspecified atom stereocenters. The Morgan fingerprint density at radius 2 is 1.83 bits per heavy atom. The molecule has 1 amide bonds. The van der Waals surface area contributed by atoms with Gasteiger partial charge in [-0.15, -0.1) is 0 Å². The zero-order valence-corrected chi connectivity index (χ0v) is 17.2. The van der Waals surface area contributed by atoms with E-state index in [1.54, 1.807) is 0 Å². The normalized spacial score (nSPS) is 16.4. The lowest BCUT2D eigenvalue weighted by Crippen LogP contribution is -2.42. The highest BCUT2D eigenvalue weighted by atomic mass is 16.3. The predicted molar refractivity (Wildman–Crippen MR) is 119 cm³/mol. The fourth-order valence-electron chi connectivity index (χ4n) is 4.31. The van der Waals surface area contributed by atoms with Crippen molar-refractivity contribution in [1.29, 1.82) is 0 Å².